The molecule has 2 aromatic rings. The first-order valence-corrected chi connectivity index (χ1v) is 7.17. The number of para-hydroxylation sites is 2. The molecule has 0 aliphatic heterocycles. The van der Waals surface area contributed by atoms with Gasteiger partial charge in [0.15, 0.2) is 0 Å². The second-order valence-electron chi connectivity index (χ2n) is 4.67. The maximum atomic E-state index is 11.9. The Balaban J connectivity index is 1.78. The zero-order valence-corrected chi connectivity index (χ0v) is 12.4. The molecule has 0 fully saturated rings. The molecule has 0 saturated heterocycles. The smallest absolute Gasteiger partial charge is 0.319 e. The second kappa shape index (κ2) is 8.09. The third-order valence-corrected chi connectivity index (χ3v) is 3.07. The van der Waals surface area contributed by atoms with E-state index in [1.165, 1.54) is 12.5 Å². The van der Waals surface area contributed by atoms with Crippen LogP contribution in [0.25, 0.3) is 0 Å². The van der Waals surface area contributed by atoms with Gasteiger partial charge in [-0.2, -0.15) is 0 Å². The van der Waals surface area contributed by atoms with E-state index in [1.54, 1.807) is 18.2 Å². The average Bonchev–Trinajstić information content (AvgIpc) is 3.04. The SMILES string of the molecule is CCOc1ccccc1NC(=O)NCCC(O)c1ccoc1. The largest absolute Gasteiger partial charge is 0.492 e. The lowest BCUT2D eigenvalue weighted by atomic mass is 10.1. The van der Waals surface area contributed by atoms with Crippen molar-refractivity contribution in [2.24, 2.45) is 0 Å². The number of urea groups is 1. The topological polar surface area (TPSA) is 83.7 Å². The maximum absolute atomic E-state index is 11.9. The lowest BCUT2D eigenvalue weighted by molar-refractivity contribution is 0.166. The number of hydrogen-bond acceptors (Lipinski definition) is 4. The highest BCUT2D eigenvalue weighted by molar-refractivity contribution is 5.90. The highest BCUT2D eigenvalue weighted by Crippen LogP contribution is 2.23. The minimum absolute atomic E-state index is 0.341. The number of amides is 2. The molecule has 1 atom stereocenters. The third-order valence-electron chi connectivity index (χ3n) is 3.07. The summed E-state index contributed by atoms with van der Waals surface area (Å²) in [7, 11) is 0. The van der Waals surface area contributed by atoms with Crippen molar-refractivity contribution in [3.63, 3.8) is 0 Å². The van der Waals surface area contributed by atoms with Crippen LogP contribution in [0.3, 0.4) is 0 Å². The number of ether oxygens (including phenoxy) is 1. The first-order chi connectivity index (χ1) is 10.7. The molecule has 2 amide bonds. The molecule has 0 bridgehead atoms. The summed E-state index contributed by atoms with van der Waals surface area (Å²) in [5, 5.41) is 15.3. The Morgan fingerprint density at radius 1 is 1.36 bits per heavy atom. The Morgan fingerprint density at radius 2 is 2.18 bits per heavy atom. The summed E-state index contributed by atoms with van der Waals surface area (Å²) in [4.78, 5) is 11.9. The number of carbonyl (C=O) groups is 1. The van der Waals surface area contributed by atoms with E-state index in [0.717, 1.165) is 0 Å². The van der Waals surface area contributed by atoms with Crippen molar-refractivity contribution in [3.05, 3.63) is 48.4 Å². The van der Waals surface area contributed by atoms with Crippen LogP contribution in [0.5, 0.6) is 5.75 Å². The van der Waals surface area contributed by atoms with Gasteiger partial charge in [-0.3, -0.25) is 0 Å². The minimum Gasteiger partial charge on any atom is -0.492 e. The number of furan rings is 1. The number of carbonyl (C=O) groups excluding carboxylic acids is 1. The van der Waals surface area contributed by atoms with Crippen molar-refractivity contribution in [2.45, 2.75) is 19.4 Å². The van der Waals surface area contributed by atoms with Gasteiger partial charge in [0.25, 0.3) is 0 Å². The number of rotatable bonds is 7. The van der Waals surface area contributed by atoms with Gasteiger partial charge in [-0.25, -0.2) is 4.79 Å². The first-order valence-electron chi connectivity index (χ1n) is 7.17. The quantitative estimate of drug-likeness (QED) is 0.734. The highest BCUT2D eigenvalue weighted by atomic mass is 16.5. The Labute approximate surface area is 129 Å². The molecule has 3 N–H and O–H groups in total. The minimum atomic E-state index is -0.658. The van der Waals surface area contributed by atoms with Gasteiger partial charge in [0, 0.05) is 12.1 Å². The van der Waals surface area contributed by atoms with Crippen LogP contribution < -0.4 is 15.4 Å². The maximum Gasteiger partial charge on any atom is 0.319 e. The van der Waals surface area contributed by atoms with E-state index >= 15 is 0 Å². The van der Waals surface area contributed by atoms with E-state index in [2.05, 4.69) is 10.6 Å². The van der Waals surface area contributed by atoms with Gasteiger partial charge < -0.3 is 24.9 Å². The number of aliphatic hydroxyl groups is 1. The van der Waals surface area contributed by atoms with Crippen LogP contribution in [0.15, 0.2) is 47.3 Å². The van der Waals surface area contributed by atoms with Gasteiger partial charge in [-0.05, 0) is 31.5 Å². The molecule has 6 nitrogen and oxygen atoms in total. The van der Waals surface area contributed by atoms with E-state index < -0.39 is 6.10 Å². The molecule has 1 unspecified atom stereocenters. The summed E-state index contributed by atoms with van der Waals surface area (Å²) in [6.07, 6.45) is 2.74. The number of aliphatic hydroxyl groups excluding tert-OH is 1. The number of benzene rings is 1. The summed E-state index contributed by atoms with van der Waals surface area (Å²) in [5.74, 6) is 0.624. The summed E-state index contributed by atoms with van der Waals surface area (Å²) in [5.41, 5.74) is 1.31. The summed E-state index contributed by atoms with van der Waals surface area (Å²) in [6.45, 7) is 2.75. The van der Waals surface area contributed by atoms with E-state index in [9.17, 15) is 9.90 Å². The molecule has 0 aliphatic rings. The van der Waals surface area contributed by atoms with Gasteiger partial charge in [-0.1, -0.05) is 12.1 Å². The zero-order valence-electron chi connectivity index (χ0n) is 12.4. The lowest BCUT2D eigenvalue weighted by Gasteiger charge is -2.13. The van der Waals surface area contributed by atoms with Crippen LogP contribution in [0.1, 0.15) is 25.0 Å². The molecular weight excluding hydrogens is 284 g/mol. The third kappa shape index (κ3) is 4.53. The summed E-state index contributed by atoms with van der Waals surface area (Å²) < 4.78 is 10.3. The monoisotopic (exact) mass is 304 g/mol. The van der Waals surface area contributed by atoms with Gasteiger partial charge in [0.2, 0.25) is 0 Å². The van der Waals surface area contributed by atoms with Gasteiger partial charge in [-0.15, -0.1) is 0 Å². The van der Waals surface area contributed by atoms with Crippen LogP contribution in [0.2, 0.25) is 0 Å². The number of anilines is 1. The van der Waals surface area contributed by atoms with Crippen molar-refractivity contribution in [1.82, 2.24) is 5.32 Å². The Kier molecular flexibility index (Phi) is 5.85. The predicted octanol–water partition coefficient (Wildman–Crippen LogP) is 2.92. The van der Waals surface area contributed by atoms with E-state index in [4.69, 9.17) is 9.15 Å². The first kappa shape index (κ1) is 15.9. The molecule has 0 spiro atoms. The molecule has 1 aromatic heterocycles. The summed E-state index contributed by atoms with van der Waals surface area (Å²) in [6, 6.07) is 8.58. The fraction of sp³-hybridized carbons (Fsp3) is 0.312. The molecular formula is C16H20N2O4. The Hall–Kier alpha value is -2.47. The van der Waals surface area contributed by atoms with Crippen molar-refractivity contribution in [3.8, 4) is 5.75 Å². The molecule has 0 aliphatic carbocycles. The van der Waals surface area contributed by atoms with Crippen molar-refractivity contribution in [2.75, 3.05) is 18.5 Å². The molecule has 6 heteroatoms. The molecule has 1 aromatic carbocycles. The van der Waals surface area contributed by atoms with E-state index in [1.807, 2.05) is 19.1 Å². The summed E-state index contributed by atoms with van der Waals surface area (Å²) >= 11 is 0. The predicted molar refractivity (Wildman–Crippen MR) is 82.9 cm³/mol. The fourth-order valence-corrected chi connectivity index (χ4v) is 1.97. The lowest BCUT2D eigenvalue weighted by Crippen LogP contribution is -2.30. The normalized spacial score (nSPS) is 11.7. The van der Waals surface area contributed by atoms with Crippen LogP contribution >= 0.6 is 0 Å². The van der Waals surface area contributed by atoms with E-state index in [-0.39, 0.29) is 6.03 Å². The Bertz CT molecular complexity index is 584. The van der Waals surface area contributed by atoms with E-state index in [0.29, 0.717) is 36.6 Å². The van der Waals surface area contributed by atoms with Crippen molar-refractivity contribution < 1.29 is 19.1 Å². The van der Waals surface area contributed by atoms with Gasteiger partial charge in [0.1, 0.15) is 5.75 Å². The van der Waals surface area contributed by atoms with Crippen LogP contribution in [0, 0.1) is 0 Å². The van der Waals surface area contributed by atoms with Crippen LogP contribution in [0.4, 0.5) is 10.5 Å². The standard InChI is InChI=1S/C16H20N2O4/c1-2-22-15-6-4-3-5-13(15)18-16(20)17-9-7-14(19)12-8-10-21-11-12/h3-6,8,10-11,14,19H,2,7,9H2,1H3,(H2,17,18,20). The highest BCUT2D eigenvalue weighted by Gasteiger charge is 2.10. The van der Waals surface area contributed by atoms with Gasteiger partial charge >= 0.3 is 6.03 Å². The Morgan fingerprint density at radius 3 is 2.91 bits per heavy atom. The second-order valence-corrected chi connectivity index (χ2v) is 4.67. The number of hydrogen-bond donors (Lipinski definition) is 3. The molecule has 0 radical (unpaired) electrons. The fourth-order valence-electron chi connectivity index (χ4n) is 1.97. The number of nitrogens with one attached hydrogen (secondary N) is 2. The average molecular weight is 304 g/mol. The molecule has 118 valence electrons. The molecule has 0 saturated carbocycles. The van der Waals surface area contributed by atoms with Crippen molar-refractivity contribution in [1.29, 1.82) is 0 Å². The molecule has 2 rings (SSSR count). The van der Waals surface area contributed by atoms with Crippen LogP contribution in [-0.4, -0.2) is 24.3 Å². The van der Waals surface area contributed by atoms with Crippen molar-refractivity contribution >= 4 is 11.7 Å². The molecule has 1 heterocycles. The van der Waals surface area contributed by atoms with Gasteiger partial charge in [0.05, 0.1) is 30.9 Å². The molecule has 22 heavy (non-hydrogen) atoms. The van der Waals surface area contributed by atoms with Crippen LogP contribution in [-0.2, 0) is 0 Å². The zero-order chi connectivity index (χ0) is 15.8.